The van der Waals surface area contributed by atoms with Crippen LogP contribution in [0.15, 0.2) is 72.9 Å². The standard InChI is InChI=1S/C21H18N4O/c1-15-23-24-21(25(15)17-8-4-3-5-9-17)19-14-16(12-13-22-19)18-10-6-7-11-20(18)26-2/h3-14H,1-2H3. The van der Waals surface area contributed by atoms with Gasteiger partial charge in [0.15, 0.2) is 5.82 Å². The lowest BCUT2D eigenvalue weighted by Gasteiger charge is -2.11. The lowest BCUT2D eigenvalue weighted by atomic mass is 10.0. The fraction of sp³-hybridized carbons (Fsp3) is 0.0952. The van der Waals surface area contributed by atoms with E-state index in [4.69, 9.17) is 4.74 Å². The largest absolute Gasteiger partial charge is 0.496 e. The van der Waals surface area contributed by atoms with Crippen molar-refractivity contribution in [1.29, 1.82) is 0 Å². The van der Waals surface area contributed by atoms with Gasteiger partial charge in [0.2, 0.25) is 0 Å². The molecule has 128 valence electrons. The number of ether oxygens (including phenoxy) is 1. The molecule has 0 atom stereocenters. The Labute approximate surface area is 151 Å². The molecule has 0 N–H and O–H groups in total. The summed E-state index contributed by atoms with van der Waals surface area (Å²) in [6, 6.07) is 22.0. The van der Waals surface area contributed by atoms with Crippen molar-refractivity contribution in [2.75, 3.05) is 7.11 Å². The second-order valence-electron chi connectivity index (χ2n) is 5.87. The minimum atomic E-state index is 0.713. The molecule has 2 aromatic carbocycles. The van der Waals surface area contributed by atoms with Crippen LogP contribution < -0.4 is 4.74 Å². The molecule has 0 saturated carbocycles. The van der Waals surface area contributed by atoms with E-state index >= 15 is 0 Å². The Morgan fingerprint density at radius 1 is 0.885 bits per heavy atom. The molecule has 0 bridgehead atoms. The molecule has 4 rings (SSSR count). The van der Waals surface area contributed by atoms with Gasteiger partial charge in [0, 0.05) is 17.4 Å². The van der Waals surface area contributed by atoms with Gasteiger partial charge in [-0.3, -0.25) is 9.55 Å². The summed E-state index contributed by atoms with van der Waals surface area (Å²) in [5, 5.41) is 8.61. The summed E-state index contributed by atoms with van der Waals surface area (Å²) in [6.45, 7) is 1.94. The Bertz CT molecular complexity index is 1040. The number of hydrogen-bond acceptors (Lipinski definition) is 4. The van der Waals surface area contributed by atoms with Crippen molar-refractivity contribution in [1.82, 2.24) is 19.7 Å². The normalized spacial score (nSPS) is 10.7. The highest BCUT2D eigenvalue weighted by atomic mass is 16.5. The zero-order valence-corrected chi connectivity index (χ0v) is 14.6. The summed E-state index contributed by atoms with van der Waals surface area (Å²) < 4.78 is 7.50. The van der Waals surface area contributed by atoms with Crippen LogP contribution >= 0.6 is 0 Å². The third-order valence-corrected chi connectivity index (χ3v) is 4.25. The van der Waals surface area contributed by atoms with E-state index in [9.17, 15) is 0 Å². The third-order valence-electron chi connectivity index (χ3n) is 4.25. The molecule has 0 aliphatic heterocycles. The fourth-order valence-corrected chi connectivity index (χ4v) is 3.02. The summed E-state index contributed by atoms with van der Waals surface area (Å²) in [4.78, 5) is 4.53. The summed E-state index contributed by atoms with van der Waals surface area (Å²) in [5.41, 5.74) is 3.81. The van der Waals surface area contributed by atoms with Gasteiger partial charge in [0.25, 0.3) is 0 Å². The third kappa shape index (κ3) is 2.84. The number of hydrogen-bond donors (Lipinski definition) is 0. The molecule has 0 spiro atoms. The molecule has 5 nitrogen and oxygen atoms in total. The molecule has 0 unspecified atom stereocenters. The van der Waals surface area contributed by atoms with Crippen LogP contribution in [0.3, 0.4) is 0 Å². The van der Waals surface area contributed by atoms with Crippen molar-refractivity contribution in [3.05, 3.63) is 78.8 Å². The van der Waals surface area contributed by atoms with Crippen LogP contribution in [0.25, 0.3) is 28.3 Å². The SMILES string of the molecule is COc1ccccc1-c1ccnc(-c2nnc(C)n2-c2ccccc2)c1. The first-order valence-corrected chi connectivity index (χ1v) is 8.35. The van der Waals surface area contributed by atoms with Crippen LogP contribution in [-0.4, -0.2) is 26.9 Å². The van der Waals surface area contributed by atoms with Crippen LogP contribution in [0.5, 0.6) is 5.75 Å². The van der Waals surface area contributed by atoms with Crippen LogP contribution in [0.2, 0.25) is 0 Å². The van der Waals surface area contributed by atoms with Gasteiger partial charge in [-0.2, -0.15) is 0 Å². The van der Waals surface area contributed by atoms with Crippen molar-refractivity contribution in [3.63, 3.8) is 0 Å². The van der Waals surface area contributed by atoms with Gasteiger partial charge in [-0.25, -0.2) is 0 Å². The van der Waals surface area contributed by atoms with E-state index in [0.717, 1.165) is 34.1 Å². The molecular formula is C21H18N4O. The first kappa shape index (κ1) is 16.0. The molecule has 2 heterocycles. The minimum absolute atomic E-state index is 0.713. The highest BCUT2D eigenvalue weighted by molar-refractivity contribution is 5.73. The minimum Gasteiger partial charge on any atom is -0.496 e. The lowest BCUT2D eigenvalue weighted by molar-refractivity contribution is 0.416. The number of nitrogens with zero attached hydrogens (tertiary/aromatic N) is 4. The molecule has 0 fully saturated rings. The van der Waals surface area contributed by atoms with Crippen LogP contribution in [0.4, 0.5) is 0 Å². The quantitative estimate of drug-likeness (QED) is 0.554. The van der Waals surface area contributed by atoms with Crippen LogP contribution in [0.1, 0.15) is 5.82 Å². The van der Waals surface area contributed by atoms with Gasteiger partial charge in [-0.15, -0.1) is 10.2 Å². The molecule has 2 aromatic heterocycles. The van der Waals surface area contributed by atoms with E-state index < -0.39 is 0 Å². The van der Waals surface area contributed by atoms with E-state index in [1.54, 1.807) is 13.3 Å². The van der Waals surface area contributed by atoms with Crippen molar-refractivity contribution in [2.45, 2.75) is 6.92 Å². The molecule has 4 aromatic rings. The average Bonchev–Trinajstić information content (AvgIpc) is 3.10. The van der Waals surface area contributed by atoms with Crippen molar-refractivity contribution in [3.8, 4) is 34.1 Å². The highest BCUT2D eigenvalue weighted by Crippen LogP contribution is 2.31. The van der Waals surface area contributed by atoms with E-state index in [0.29, 0.717) is 5.82 Å². The Hall–Kier alpha value is -3.47. The number of aromatic nitrogens is 4. The summed E-state index contributed by atoms with van der Waals surface area (Å²) in [6.07, 6.45) is 1.79. The van der Waals surface area contributed by atoms with E-state index in [2.05, 4.69) is 15.2 Å². The molecule has 26 heavy (non-hydrogen) atoms. The van der Waals surface area contributed by atoms with E-state index in [1.807, 2.05) is 78.2 Å². The van der Waals surface area contributed by atoms with Crippen molar-refractivity contribution in [2.24, 2.45) is 0 Å². The van der Waals surface area contributed by atoms with E-state index in [1.165, 1.54) is 0 Å². The first-order valence-electron chi connectivity index (χ1n) is 8.35. The number of pyridine rings is 1. The van der Waals surface area contributed by atoms with Gasteiger partial charge in [-0.1, -0.05) is 36.4 Å². The zero-order chi connectivity index (χ0) is 17.9. The number of methoxy groups -OCH3 is 1. The first-order chi connectivity index (χ1) is 12.8. The number of rotatable bonds is 4. The highest BCUT2D eigenvalue weighted by Gasteiger charge is 2.15. The number of benzene rings is 2. The summed E-state index contributed by atoms with van der Waals surface area (Å²) in [7, 11) is 1.68. The van der Waals surface area contributed by atoms with Gasteiger partial charge in [0.1, 0.15) is 17.3 Å². The van der Waals surface area contributed by atoms with Crippen LogP contribution in [-0.2, 0) is 0 Å². The Morgan fingerprint density at radius 3 is 2.46 bits per heavy atom. The second-order valence-corrected chi connectivity index (χ2v) is 5.87. The maximum Gasteiger partial charge on any atom is 0.187 e. The van der Waals surface area contributed by atoms with Crippen molar-refractivity contribution < 1.29 is 4.74 Å². The molecule has 0 radical (unpaired) electrons. The van der Waals surface area contributed by atoms with Crippen LogP contribution in [0, 0.1) is 6.92 Å². The van der Waals surface area contributed by atoms with Gasteiger partial charge in [0.05, 0.1) is 7.11 Å². The predicted molar refractivity (Wildman–Crippen MR) is 101 cm³/mol. The molecule has 0 amide bonds. The van der Waals surface area contributed by atoms with Gasteiger partial charge >= 0.3 is 0 Å². The number of aryl methyl sites for hydroxylation is 1. The summed E-state index contributed by atoms with van der Waals surface area (Å²) >= 11 is 0. The molecule has 0 saturated heterocycles. The number of para-hydroxylation sites is 2. The molecule has 0 aliphatic carbocycles. The van der Waals surface area contributed by atoms with Crippen molar-refractivity contribution >= 4 is 0 Å². The molecule has 5 heteroatoms. The predicted octanol–water partition coefficient (Wildman–Crippen LogP) is 4.31. The monoisotopic (exact) mass is 342 g/mol. The smallest absolute Gasteiger partial charge is 0.187 e. The maximum atomic E-state index is 5.49. The summed E-state index contributed by atoms with van der Waals surface area (Å²) in [5.74, 6) is 2.35. The lowest BCUT2D eigenvalue weighted by Crippen LogP contribution is -2.01. The van der Waals surface area contributed by atoms with Gasteiger partial charge < -0.3 is 4.74 Å². The van der Waals surface area contributed by atoms with Gasteiger partial charge in [-0.05, 0) is 42.8 Å². The maximum absolute atomic E-state index is 5.49. The second kappa shape index (κ2) is 6.80. The Kier molecular flexibility index (Phi) is 4.19. The Morgan fingerprint density at radius 2 is 1.65 bits per heavy atom. The fourth-order valence-electron chi connectivity index (χ4n) is 3.02. The molecule has 0 aliphatic rings. The molecular weight excluding hydrogens is 324 g/mol. The Balaban J connectivity index is 1.84. The topological polar surface area (TPSA) is 52.8 Å². The van der Waals surface area contributed by atoms with E-state index in [-0.39, 0.29) is 0 Å². The zero-order valence-electron chi connectivity index (χ0n) is 14.6. The average molecular weight is 342 g/mol.